The summed E-state index contributed by atoms with van der Waals surface area (Å²) < 4.78 is 30.9. The molecular formula is C80H88N4OS. The monoisotopic (exact) mass is 1150 g/mol. The highest BCUT2D eigenvalue weighted by molar-refractivity contribution is 7.26. The fourth-order valence-corrected chi connectivity index (χ4v) is 13.6. The summed E-state index contributed by atoms with van der Waals surface area (Å²) in [6.07, 6.45) is 0.207. The van der Waals surface area contributed by atoms with E-state index in [9.17, 15) is 2.74 Å². The Morgan fingerprint density at radius 3 is 1.59 bits per heavy atom. The number of para-hydroxylation sites is 3. The van der Waals surface area contributed by atoms with Crippen LogP contribution in [0.2, 0.25) is 0 Å². The van der Waals surface area contributed by atoms with Crippen molar-refractivity contribution in [1.29, 1.82) is 0 Å². The van der Waals surface area contributed by atoms with Crippen molar-refractivity contribution in [3.63, 3.8) is 0 Å². The summed E-state index contributed by atoms with van der Waals surface area (Å²) >= 11 is 1.82. The molecule has 0 fully saturated rings. The summed E-state index contributed by atoms with van der Waals surface area (Å²) in [5.41, 5.74) is 18.0. The number of pyridine rings is 1. The average molecular weight is 1160 g/mol. The van der Waals surface area contributed by atoms with Gasteiger partial charge < -0.3 is 14.5 Å². The fourth-order valence-electron chi connectivity index (χ4n) is 12.3. The van der Waals surface area contributed by atoms with Crippen LogP contribution in [0.3, 0.4) is 0 Å². The zero-order chi connectivity index (χ0) is 63.2. The third kappa shape index (κ3) is 11.0. The van der Waals surface area contributed by atoms with Gasteiger partial charge in [-0.1, -0.05) is 216 Å². The molecular weight excluding hydrogens is 1060 g/mol. The largest absolute Gasteiger partial charge is 0.457 e. The van der Waals surface area contributed by atoms with Crippen molar-refractivity contribution in [3.05, 3.63) is 203 Å². The van der Waals surface area contributed by atoms with Crippen molar-refractivity contribution in [3.8, 4) is 39.6 Å². The summed E-state index contributed by atoms with van der Waals surface area (Å²) in [6, 6.07) is 58.9. The van der Waals surface area contributed by atoms with E-state index in [0.29, 0.717) is 23.8 Å². The minimum Gasteiger partial charge on any atom is -0.457 e. The Morgan fingerprint density at radius 2 is 1.02 bits per heavy atom. The predicted octanol–water partition coefficient (Wildman–Crippen LogP) is 23.3. The molecule has 0 atom stereocenters. The Morgan fingerprint density at radius 1 is 0.488 bits per heavy atom. The Labute approximate surface area is 519 Å². The minimum atomic E-state index is -1.63. The van der Waals surface area contributed by atoms with E-state index >= 15 is 0 Å². The Hall–Kier alpha value is -7.67. The minimum absolute atomic E-state index is 0.0743. The highest BCUT2D eigenvalue weighted by atomic mass is 32.1. The quantitative estimate of drug-likeness (QED) is 0.152. The number of benzene rings is 8. The van der Waals surface area contributed by atoms with Crippen molar-refractivity contribution in [1.82, 2.24) is 9.55 Å². The molecule has 0 radical (unpaired) electrons. The molecule has 4 heterocycles. The van der Waals surface area contributed by atoms with Crippen LogP contribution in [0.5, 0.6) is 11.5 Å². The van der Waals surface area contributed by atoms with Gasteiger partial charge in [-0.2, -0.15) is 0 Å². The van der Waals surface area contributed by atoms with Gasteiger partial charge in [-0.05, 0) is 150 Å². The standard InChI is InChI=1S/C80H88N4OS/c1-49-47-81-71(39-52(49)46-75(2,3)4)84-68-34-33-64-63-25-20-23-30-70(63)86-74(64)72(68)65-32-31-59(45-69(65)84)85-60-43-57(80(17,18)19)42-58(44-60)82-48-83(67-29-22-21-28-66(67)82)73-61(50-35-53(76(5,6)7)40-54(36-50)77(8,9)10)26-24-27-62(73)51-37-55(78(11,12)13)41-56(38-51)79(14,15)16/h20-45,47H,46,48H2,1-19H3/i46D2. The molecule has 11 aromatic rings. The molecule has 440 valence electrons. The molecule has 0 aliphatic carbocycles. The number of nitrogens with zero attached hydrogens (tertiary/aromatic N) is 4. The first-order valence-corrected chi connectivity index (χ1v) is 31.7. The SMILES string of the molecule is [2H]C([2H])(c1cc(-n2c3cc(Oc4cc(N5CN(c6c(-c7cc(C(C)(C)C)cc(C(C)(C)C)c7)cccc6-c6cc(C(C)(C)C)cc(C(C)(C)C)c6)c6ccccc65)cc(C(C)(C)C)c4)ccc3c3c4sc5ccccc5c4ccc32)ncc1C)C(C)(C)C. The molecule has 6 heteroatoms. The van der Waals surface area contributed by atoms with Crippen molar-refractivity contribution >= 4 is 76.1 Å². The van der Waals surface area contributed by atoms with E-state index in [0.717, 1.165) is 55.7 Å². The van der Waals surface area contributed by atoms with Crippen molar-refractivity contribution in [2.24, 2.45) is 5.41 Å². The number of thiophene rings is 1. The van der Waals surface area contributed by atoms with Crippen LogP contribution in [0, 0.1) is 12.3 Å². The van der Waals surface area contributed by atoms with Gasteiger partial charge >= 0.3 is 0 Å². The highest BCUT2D eigenvalue weighted by Gasteiger charge is 2.34. The lowest BCUT2D eigenvalue weighted by molar-refractivity contribution is 0.410. The second-order valence-electron chi connectivity index (χ2n) is 30.5. The van der Waals surface area contributed by atoms with Gasteiger partial charge in [0.15, 0.2) is 0 Å². The van der Waals surface area contributed by atoms with Crippen LogP contribution in [0.15, 0.2) is 164 Å². The van der Waals surface area contributed by atoms with E-state index in [-0.39, 0.29) is 27.1 Å². The van der Waals surface area contributed by atoms with Crippen LogP contribution in [-0.2, 0) is 33.4 Å². The van der Waals surface area contributed by atoms with Crippen LogP contribution in [0.25, 0.3) is 70.0 Å². The normalized spacial score (nSPS) is 14.2. The molecule has 0 saturated heterocycles. The first kappa shape index (κ1) is 56.2. The molecule has 86 heavy (non-hydrogen) atoms. The summed E-state index contributed by atoms with van der Waals surface area (Å²) in [7, 11) is 0. The fraction of sp³-hybridized carbons (Fsp3) is 0.338. The summed E-state index contributed by atoms with van der Waals surface area (Å²) in [5, 5.41) is 4.69. The van der Waals surface area contributed by atoms with E-state index in [1.165, 1.54) is 70.4 Å². The van der Waals surface area contributed by atoms with Gasteiger partial charge in [0.1, 0.15) is 24.0 Å². The van der Waals surface area contributed by atoms with E-state index < -0.39 is 11.8 Å². The third-order valence-electron chi connectivity index (χ3n) is 17.4. The lowest BCUT2D eigenvalue weighted by Crippen LogP contribution is -2.25. The summed E-state index contributed by atoms with van der Waals surface area (Å²) in [4.78, 5) is 10.2. The Kier molecular flexibility index (Phi) is 13.6. The molecule has 0 amide bonds. The highest BCUT2D eigenvalue weighted by Crippen LogP contribution is 2.53. The van der Waals surface area contributed by atoms with Crippen molar-refractivity contribution in [2.75, 3.05) is 16.5 Å². The predicted molar refractivity (Wildman–Crippen MR) is 372 cm³/mol. The van der Waals surface area contributed by atoms with Gasteiger partial charge in [0.25, 0.3) is 0 Å². The van der Waals surface area contributed by atoms with Gasteiger partial charge in [0.2, 0.25) is 0 Å². The zero-order valence-corrected chi connectivity index (χ0v) is 55.2. The van der Waals surface area contributed by atoms with Crippen molar-refractivity contribution in [2.45, 2.75) is 165 Å². The molecule has 0 unspecified atom stereocenters. The van der Waals surface area contributed by atoms with E-state index in [2.05, 4.69) is 270 Å². The second-order valence-corrected chi connectivity index (χ2v) is 31.6. The van der Waals surface area contributed by atoms with E-state index in [1.54, 1.807) is 0 Å². The number of rotatable bonds is 8. The number of anilines is 4. The smallest absolute Gasteiger partial charge is 0.137 e. The molecule has 0 bridgehead atoms. The van der Waals surface area contributed by atoms with E-state index in [1.807, 2.05) is 51.3 Å². The van der Waals surface area contributed by atoms with Gasteiger partial charge in [0, 0.05) is 68.8 Å². The van der Waals surface area contributed by atoms with Crippen LogP contribution in [-0.4, -0.2) is 16.2 Å². The zero-order valence-electron chi connectivity index (χ0n) is 56.4. The summed E-state index contributed by atoms with van der Waals surface area (Å²) in [6.45, 7) is 43.2. The number of fused-ring (bicyclic) bond motifs is 8. The summed E-state index contributed by atoms with van der Waals surface area (Å²) in [5.74, 6) is 2.10. The van der Waals surface area contributed by atoms with Crippen molar-refractivity contribution < 1.29 is 7.48 Å². The molecule has 0 saturated carbocycles. The lowest BCUT2D eigenvalue weighted by atomic mass is 9.77. The van der Waals surface area contributed by atoms with Gasteiger partial charge in [-0.3, -0.25) is 4.57 Å². The molecule has 8 aromatic carbocycles. The van der Waals surface area contributed by atoms with Crippen LogP contribution >= 0.6 is 11.3 Å². The van der Waals surface area contributed by atoms with Gasteiger partial charge in [-0.25, -0.2) is 4.98 Å². The molecule has 0 N–H and O–H groups in total. The first-order chi connectivity index (χ1) is 41.1. The number of aryl methyl sites for hydroxylation is 1. The lowest BCUT2D eigenvalue weighted by Gasteiger charge is -2.31. The van der Waals surface area contributed by atoms with Crippen LogP contribution in [0.4, 0.5) is 22.7 Å². The Bertz CT molecular complexity index is 4420. The average Bonchev–Trinajstić information content (AvgIpc) is 1.59. The van der Waals surface area contributed by atoms with Gasteiger partial charge in [0.05, 0.1) is 28.1 Å². The number of ether oxygens (including phenoxy) is 1. The van der Waals surface area contributed by atoms with E-state index in [4.69, 9.17) is 9.72 Å². The molecule has 0 spiro atoms. The first-order valence-electron chi connectivity index (χ1n) is 31.9. The number of hydrogen-bond donors (Lipinski definition) is 0. The van der Waals surface area contributed by atoms with Crippen LogP contribution < -0.4 is 14.5 Å². The third-order valence-corrected chi connectivity index (χ3v) is 18.6. The molecule has 5 nitrogen and oxygen atoms in total. The maximum Gasteiger partial charge on any atom is 0.137 e. The topological polar surface area (TPSA) is 33.5 Å². The van der Waals surface area contributed by atoms with Gasteiger partial charge in [-0.15, -0.1) is 11.3 Å². The second kappa shape index (κ2) is 20.8. The molecule has 12 rings (SSSR count). The maximum atomic E-state index is 9.47. The molecule has 1 aliphatic heterocycles. The van der Waals surface area contributed by atoms with Crippen LogP contribution in [0.1, 0.15) is 166 Å². The maximum absolute atomic E-state index is 9.47. The molecule has 3 aromatic heterocycles. The molecule has 1 aliphatic rings. The number of hydrogen-bond acceptors (Lipinski definition) is 5. The Balaban J connectivity index is 1.03. The number of aromatic nitrogens is 2.